The number of hydrogen-bond donors (Lipinski definition) is 1. The topological polar surface area (TPSA) is 65.8 Å². The highest BCUT2D eigenvalue weighted by atomic mass is 32.1. The lowest BCUT2D eigenvalue weighted by Gasteiger charge is -2.20. The summed E-state index contributed by atoms with van der Waals surface area (Å²) in [6.07, 6.45) is 7.44. The van der Waals surface area contributed by atoms with Crippen molar-refractivity contribution in [2.24, 2.45) is 5.92 Å². The van der Waals surface area contributed by atoms with Gasteiger partial charge in [-0.3, -0.25) is 9.78 Å². The molecule has 0 spiro atoms. The van der Waals surface area contributed by atoms with E-state index in [1.807, 2.05) is 0 Å². The fourth-order valence-corrected chi connectivity index (χ4v) is 4.19. The van der Waals surface area contributed by atoms with Gasteiger partial charge in [0.05, 0.1) is 5.56 Å². The average molecular weight is 311 g/mol. The first-order valence-corrected chi connectivity index (χ1v) is 8.30. The molecule has 1 amide bonds. The van der Waals surface area contributed by atoms with Crippen LogP contribution in [0.5, 0.6) is 0 Å². The average Bonchev–Trinajstić information content (AvgIpc) is 2.91. The predicted molar refractivity (Wildman–Crippen MR) is 87.0 cm³/mol. The van der Waals surface area contributed by atoms with Crippen molar-refractivity contribution in [2.75, 3.05) is 5.32 Å². The zero-order valence-electron chi connectivity index (χ0n) is 12.4. The Hall–Kier alpha value is -2.19. The molecule has 0 unspecified atom stereocenters. The number of carbonyl (C=O) groups excluding carboxylic acids is 1. The monoisotopic (exact) mass is 311 g/mol. The lowest BCUT2D eigenvalue weighted by molar-refractivity contribution is 0.102. The summed E-state index contributed by atoms with van der Waals surface area (Å²) in [6.45, 7) is 2.21. The summed E-state index contributed by atoms with van der Waals surface area (Å²) < 4.78 is 0. The maximum absolute atomic E-state index is 12.3. The van der Waals surface area contributed by atoms with E-state index in [1.165, 1.54) is 4.88 Å². The number of rotatable bonds is 3. The summed E-state index contributed by atoms with van der Waals surface area (Å²) in [5, 5.41) is 13.0. The minimum Gasteiger partial charge on any atom is -0.312 e. The van der Waals surface area contributed by atoms with E-state index in [-0.39, 0.29) is 5.91 Å². The van der Waals surface area contributed by atoms with E-state index in [1.54, 1.807) is 35.9 Å². The number of fused-ring (bicyclic) bond motifs is 1. The molecule has 2 heterocycles. The Balaban J connectivity index is 1.87. The molecule has 1 aliphatic rings. The molecular formula is C17H17N3OS. The van der Waals surface area contributed by atoms with Crippen LogP contribution < -0.4 is 5.32 Å². The van der Waals surface area contributed by atoms with E-state index < -0.39 is 0 Å². The number of nitrogens with one attached hydrogen (secondary N) is 1. The van der Waals surface area contributed by atoms with Gasteiger partial charge in [-0.05, 0) is 42.9 Å². The summed E-state index contributed by atoms with van der Waals surface area (Å²) in [4.78, 5) is 17.4. The fourth-order valence-electron chi connectivity index (χ4n) is 2.89. The van der Waals surface area contributed by atoms with Gasteiger partial charge in [0.25, 0.3) is 5.91 Å². The van der Waals surface area contributed by atoms with Crippen molar-refractivity contribution in [2.45, 2.75) is 32.6 Å². The summed E-state index contributed by atoms with van der Waals surface area (Å²) in [5.74, 6) is 0.506. The number of aromatic nitrogens is 1. The molecule has 5 heteroatoms. The van der Waals surface area contributed by atoms with Crippen LogP contribution in [0.2, 0.25) is 0 Å². The molecule has 1 atom stereocenters. The third kappa shape index (κ3) is 2.75. The molecule has 0 aromatic carbocycles. The Morgan fingerprint density at radius 3 is 2.95 bits per heavy atom. The van der Waals surface area contributed by atoms with Crippen molar-refractivity contribution >= 4 is 22.2 Å². The van der Waals surface area contributed by atoms with Gasteiger partial charge < -0.3 is 5.32 Å². The number of thiophene rings is 1. The van der Waals surface area contributed by atoms with Crippen LogP contribution in [0.1, 0.15) is 46.1 Å². The number of hydrogen-bond acceptors (Lipinski definition) is 4. The van der Waals surface area contributed by atoms with Gasteiger partial charge in [-0.1, -0.05) is 13.3 Å². The van der Waals surface area contributed by atoms with Crippen molar-refractivity contribution in [3.8, 4) is 6.07 Å². The van der Waals surface area contributed by atoms with Gasteiger partial charge in [0.1, 0.15) is 11.1 Å². The molecular weight excluding hydrogens is 294 g/mol. The van der Waals surface area contributed by atoms with Crippen molar-refractivity contribution in [3.63, 3.8) is 0 Å². The Labute approximate surface area is 133 Å². The van der Waals surface area contributed by atoms with Gasteiger partial charge in [-0.25, -0.2) is 0 Å². The van der Waals surface area contributed by atoms with Crippen LogP contribution in [0.4, 0.5) is 5.00 Å². The second kappa shape index (κ2) is 6.29. The molecule has 1 N–H and O–H groups in total. The molecule has 0 aliphatic heterocycles. The third-order valence-corrected chi connectivity index (χ3v) is 5.40. The standard InChI is InChI=1S/C17H17N3OS/c1-2-11-3-4-13-14(10-18)17(22-15(13)9-11)20-16(21)12-5-7-19-8-6-12/h5-8,11H,2-4,9H2,1H3,(H,20,21)/t11-/m1/s1. The Morgan fingerprint density at radius 2 is 2.27 bits per heavy atom. The molecule has 4 nitrogen and oxygen atoms in total. The highest BCUT2D eigenvalue weighted by molar-refractivity contribution is 7.16. The van der Waals surface area contributed by atoms with Crippen LogP contribution in [0.15, 0.2) is 24.5 Å². The predicted octanol–water partition coefficient (Wildman–Crippen LogP) is 3.78. The Kier molecular flexibility index (Phi) is 4.21. The normalized spacial score (nSPS) is 16.6. The van der Waals surface area contributed by atoms with Crippen LogP contribution in [-0.4, -0.2) is 10.9 Å². The maximum Gasteiger partial charge on any atom is 0.256 e. The number of anilines is 1. The van der Waals surface area contributed by atoms with E-state index in [4.69, 9.17) is 0 Å². The maximum atomic E-state index is 12.3. The van der Waals surface area contributed by atoms with Crippen LogP contribution >= 0.6 is 11.3 Å². The molecule has 0 fully saturated rings. The zero-order chi connectivity index (χ0) is 15.5. The van der Waals surface area contributed by atoms with E-state index in [0.717, 1.165) is 31.2 Å². The molecule has 1 aliphatic carbocycles. The van der Waals surface area contributed by atoms with E-state index >= 15 is 0 Å². The second-order valence-corrected chi connectivity index (χ2v) is 6.63. The number of nitrogens with zero attached hydrogens (tertiary/aromatic N) is 2. The van der Waals surface area contributed by atoms with E-state index in [0.29, 0.717) is 22.0 Å². The van der Waals surface area contributed by atoms with E-state index in [2.05, 4.69) is 23.3 Å². The first-order chi connectivity index (χ1) is 10.7. The molecule has 3 rings (SSSR count). The summed E-state index contributed by atoms with van der Waals surface area (Å²) in [5.41, 5.74) is 2.34. The molecule has 112 valence electrons. The lowest BCUT2D eigenvalue weighted by Crippen LogP contribution is -2.12. The van der Waals surface area contributed by atoms with Gasteiger partial charge in [0.15, 0.2) is 0 Å². The Morgan fingerprint density at radius 1 is 1.50 bits per heavy atom. The minimum absolute atomic E-state index is 0.190. The number of pyridine rings is 1. The molecule has 0 radical (unpaired) electrons. The first-order valence-electron chi connectivity index (χ1n) is 7.49. The Bertz CT molecular complexity index is 730. The highest BCUT2D eigenvalue weighted by Gasteiger charge is 2.25. The summed E-state index contributed by atoms with van der Waals surface area (Å²) in [6, 6.07) is 5.61. The lowest BCUT2D eigenvalue weighted by atomic mass is 9.86. The largest absolute Gasteiger partial charge is 0.312 e. The van der Waals surface area contributed by atoms with E-state index in [9.17, 15) is 10.1 Å². The van der Waals surface area contributed by atoms with Crippen LogP contribution in [0.25, 0.3) is 0 Å². The molecule has 2 aromatic heterocycles. The fraction of sp³-hybridized carbons (Fsp3) is 0.353. The van der Waals surface area contributed by atoms with Gasteiger partial charge in [-0.15, -0.1) is 11.3 Å². The smallest absolute Gasteiger partial charge is 0.256 e. The molecule has 0 saturated heterocycles. The number of nitriles is 1. The second-order valence-electron chi connectivity index (χ2n) is 5.53. The van der Waals surface area contributed by atoms with Gasteiger partial charge in [0, 0.05) is 22.8 Å². The van der Waals surface area contributed by atoms with Crippen LogP contribution in [0.3, 0.4) is 0 Å². The van der Waals surface area contributed by atoms with Crippen LogP contribution in [0, 0.1) is 17.2 Å². The van der Waals surface area contributed by atoms with Gasteiger partial charge >= 0.3 is 0 Å². The van der Waals surface area contributed by atoms with Crippen molar-refractivity contribution < 1.29 is 4.79 Å². The first kappa shape index (κ1) is 14.7. The SMILES string of the molecule is CC[C@@H]1CCc2c(sc(NC(=O)c3ccncc3)c2C#N)C1. The van der Waals surface area contributed by atoms with Crippen molar-refractivity contribution in [1.29, 1.82) is 5.26 Å². The van der Waals surface area contributed by atoms with Crippen LogP contribution in [-0.2, 0) is 12.8 Å². The van der Waals surface area contributed by atoms with Crippen molar-refractivity contribution in [1.82, 2.24) is 4.98 Å². The highest BCUT2D eigenvalue weighted by Crippen LogP contribution is 2.40. The molecule has 22 heavy (non-hydrogen) atoms. The number of carbonyl (C=O) groups is 1. The van der Waals surface area contributed by atoms with Gasteiger partial charge in [-0.2, -0.15) is 5.26 Å². The van der Waals surface area contributed by atoms with Gasteiger partial charge in [0.2, 0.25) is 0 Å². The zero-order valence-corrected chi connectivity index (χ0v) is 13.2. The quantitative estimate of drug-likeness (QED) is 0.938. The molecule has 2 aromatic rings. The summed E-state index contributed by atoms with van der Waals surface area (Å²) >= 11 is 1.56. The molecule has 0 bridgehead atoms. The number of amides is 1. The summed E-state index contributed by atoms with van der Waals surface area (Å²) in [7, 11) is 0. The third-order valence-electron chi connectivity index (χ3n) is 4.23. The molecule has 0 saturated carbocycles. The van der Waals surface area contributed by atoms with Crippen molar-refractivity contribution in [3.05, 3.63) is 46.1 Å². The minimum atomic E-state index is -0.190.